The second kappa shape index (κ2) is 11.0. The van der Waals surface area contributed by atoms with E-state index in [1.165, 1.54) is 25.6 Å². The van der Waals surface area contributed by atoms with Gasteiger partial charge in [0, 0.05) is 17.1 Å². The van der Waals surface area contributed by atoms with E-state index in [9.17, 15) is 18.0 Å². The van der Waals surface area contributed by atoms with Crippen LogP contribution in [0, 0.1) is 0 Å². The van der Waals surface area contributed by atoms with Crippen LogP contribution in [-0.2, 0) is 11.0 Å². The standard InChI is InChI=1S/C26H23F3N4O4/c1-3-36-21-7-5-4-6-19(21)33-25-18-12-23(22(35-2)13-20(18)30-15-31-25)37-14-24(34)32-17-10-8-16(9-11-17)26(27,28)29/h4-13,15H,3,14H2,1-2H3,(H,32,34)(H,30,31,33). The molecule has 3 aromatic carbocycles. The molecule has 4 aromatic rings. The summed E-state index contributed by atoms with van der Waals surface area (Å²) in [6.07, 6.45) is -3.05. The average Bonchev–Trinajstić information content (AvgIpc) is 2.88. The van der Waals surface area contributed by atoms with E-state index < -0.39 is 24.3 Å². The van der Waals surface area contributed by atoms with Gasteiger partial charge in [-0.05, 0) is 49.4 Å². The van der Waals surface area contributed by atoms with Crippen molar-refractivity contribution in [2.75, 3.05) is 31.0 Å². The van der Waals surface area contributed by atoms with Gasteiger partial charge in [0.2, 0.25) is 0 Å². The van der Waals surface area contributed by atoms with Crippen LogP contribution in [0.3, 0.4) is 0 Å². The maximum Gasteiger partial charge on any atom is 0.416 e. The topological polar surface area (TPSA) is 94.6 Å². The van der Waals surface area contributed by atoms with Crippen LogP contribution in [0.1, 0.15) is 12.5 Å². The molecule has 0 aliphatic heterocycles. The molecule has 0 bridgehead atoms. The number of para-hydroxylation sites is 2. The maximum atomic E-state index is 12.7. The van der Waals surface area contributed by atoms with E-state index in [1.807, 2.05) is 31.2 Å². The summed E-state index contributed by atoms with van der Waals surface area (Å²) in [6, 6.07) is 14.8. The van der Waals surface area contributed by atoms with Crippen LogP contribution in [0.2, 0.25) is 0 Å². The summed E-state index contributed by atoms with van der Waals surface area (Å²) < 4.78 is 55.0. The average molecular weight is 512 g/mol. The number of benzene rings is 3. The van der Waals surface area contributed by atoms with Crippen LogP contribution in [-0.4, -0.2) is 36.2 Å². The number of nitrogens with zero attached hydrogens (tertiary/aromatic N) is 2. The third-order valence-electron chi connectivity index (χ3n) is 5.22. The SMILES string of the molecule is CCOc1ccccc1Nc1ncnc2cc(OC)c(OCC(=O)Nc3ccc(C(F)(F)F)cc3)cc12. The summed E-state index contributed by atoms with van der Waals surface area (Å²) in [4.78, 5) is 21.0. The van der Waals surface area contributed by atoms with Crippen molar-refractivity contribution in [3.8, 4) is 17.2 Å². The molecule has 2 N–H and O–H groups in total. The number of nitrogens with one attached hydrogen (secondary N) is 2. The van der Waals surface area contributed by atoms with Crippen molar-refractivity contribution in [1.82, 2.24) is 9.97 Å². The summed E-state index contributed by atoms with van der Waals surface area (Å²) in [5, 5.41) is 6.35. The van der Waals surface area contributed by atoms with Gasteiger partial charge in [0.25, 0.3) is 5.91 Å². The molecule has 37 heavy (non-hydrogen) atoms. The van der Waals surface area contributed by atoms with Crippen LogP contribution in [0.5, 0.6) is 17.2 Å². The van der Waals surface area contributed by atoms with Gasteiger partial charge in [-0.2, -0.15) is 13.2 Å². The molecular weight excluding hydrogens is 489 g/mol. The van der Waals surface area contributed by atoms with E-state index in [0.717, 1.165) is 12.1 Å². The molecule has 1 heterocycles. The van der Waals surface area contributed by atoms with Gasteiger partial charge in [0.1, 0.15) is 17.9 Å². The van der Waals surface area contributed by atoms with Gasteiger partial charge in [-0.1, -0.05) is 12.1 Å². The first kappa shape index (κ1) is 25.5. The number of aromatic nitrogens is 2. The fourth-order valence-corrected chi connectivity index (χ4v) is 3.50. The molecule has 192 valence electrons. The summed E-state index contributed by atoms with van der Waals surface area (Å²) in [7, 11) is 1.45. The molecule has 0 unspecified atom stereocenters. The maximum absolute atomic E-state index is 12.7. The van der Waals surface area contributed by atoms with E-state index in [-0.39, 0.29) is 11.4 Å². The first-order valence-corrected chi connectivity index (χ1v) is 11.2. The van der Waals surface area contributed by atoms with Crippen molar-refractivity contribution < 1.29 is 32.2 Å². The van der Waals surface area contributed by atoms with Crippen LogP contribution in [0.15, 0.2) is 67.0 Å². The van der Waals surface area contributed by atoms with Crippen molar-refractivity contribution >= 4 is 34.0 Å². The van der Waals surface area contributed by atoms with Gasteiger partial charge >= 0.3 is 6.18 Å². The molecule has 0 spiro atoms. The van der Waals surface area contributed by atoms with Gasteiger partial charge in [0.15, 0.2) is 18.1 Å². The number of carbonyl (C=O) groups is 1. The number of anilines is 3. The Hall–Kier alpha value is -4.54. The molecule has 11 heteroatoms. The first-order valence-electron chi connectivity index (χ1n) is 11.2. The van der Waals surface area contributed by atoms with E-state index >= 15 is 0 Å². The lowest BCUT2D eigenvalue weighted by Crippen LogP contribution is -2.20. The zero-order valence-electron chi connectivity index (χ0n) is 19.9. The Labute approximate surface area is 210 Å². The predicted molar refractivity (Wildman–Crippen MR) is 133 cm³/mol. The van der Waals surface area contributed by atoms with Crippen molar-refractivity contribution in [1.29, 1.82) is 0 Å². The minimum Gasteiger partial charge on any atom is -0.493 e. The summed E-state index contributed by atoms with van der Waals surface area (Å²) in [5.41, 5.74) is 0.682. The highest BCUT2D eigenvalue weighted by atomic mass is 19.4. The lowest BCUT2D eigenvalue weighted by Gasteiger charge is -2.15. The van der Waals surface area contributed by atoms with Crippen LogP contribution in [0.25, 0.3) is 10.9 Å². The van der Waals surface area contributed by atoms with E-state index in [1.54, 1.807) is 12.1 Å². The van der Waals surface area contributed by atoms with Gasteiger partial charge in [-0.25, -0.2) is 9.97 Å². The number of amides is 1. The third kappa shape index (κ3) is 6.18. The molecule has 0 fully saturated rings. The number of fused-ring (bicyclic) bond motifs is 1. The zero-order chi connectivity index (χ0) is 26.4. The smallest absolute Gasteiger partial charge is 0.416 e. The lowest BCUT2D eigenvalue weighted by atomic mass is 10.2. The molecule has 0 aliphatic carbocycles. The summed E-state index contributed by atoms with van der Waals surface area (Å²) >= 11 is 0. The van der Waals surface area contributed by atoms with Gasteiger partial charge in [-0.15, -0.1) is 0 Å². The van der Waals surface area contributed by atoms with Crippen molar-refractivity contribution in [2.24, 2.45) is 0 Å². The Morgan fingerprint density at radius 2 is 1.70 bits per heavy atom. The number of methoxy groups -OCH3 is 1. The second-order valence-corrected chi connectivity index (χ2v) is 7.71. The van der Waals surface area contributed by atoms with Crippen LogP contribution >= 0.6 is 0 Å². The number of hydrogen-bond acceptors (Lipinski definition) is 7. The summed E-state index contributed by atoms with van der Waals surface area (Å²) in [6.45, 7) is 1.97. The van der Waals surface area contributed by atoms with Gasteiger partial charge in [0.05, 0.1) is 30.5 Å². The van der Waals surface area contributed by atoms with Gasteiger partial charge < -0.3 is 24.8 Å². The molecule has 8 nitrogen and oxygen atoms in total. The molecule has 0 saturated carbocycles. The monoisotopic (exact) mass is 512 g/mol. The Balaban J connectivity index is 1.53. The third-order valence-corrected chi connectivity index (χ3v) is 5.22. The number of carbonyl (C=O) groups excluding carboxylic acids is 1. The number of alkyl halides is 3. The molecule has 4 rings (SSSR count). The normalized spacial score (nSPS) is 11.2. The molecule has 0 saturated heterocycles. The minimum atomic E-state index is -4.46. The second-order valence-electron chi connectivity index (χ2n) is 7.71. The Bertz CT molecular complexity index is 1400. The molecule has 1 aromatic heterocycles. The van der Waals surface area contributed by atoms with Crippen LogP contribution < -0.4 is 24.8 Å². The molecule has 0 atom stereocenters. The van der Waals surface area contributed by atoms with E-state index in [4.69, 9.17) is 14.2 Å². The molecule has 0 radical (unpaired) electrons. The Morgan fingerprint density at radius 1 is 0.946 bits per heavy atom. The highest BCUT2D eigenvalue weighted by molar-refractivity contribution is 5.94. The van der Waals surface area contributed by atoms with Gasteiger partial charge in [-0.3, -0.25) is 4.79 Å². The van der Waals surface area contributed by atoms with E-state index in [2.05, 4.69) is 20.6 Å². The van der Waals surface area contributed by atoms with Crippen LogP contribution in [0.4, 0.5) is 30.4 Å². The minimum absolute atomic E-state index is 0.208. The van der Waals surface area contributed by atoms with Crippen molar-refractivity contribution in [3.63, 3.8) is 0 Å². The van der Waals surface area contributed by atoms with Crippen molar-refractivity contribution in [3.05, 3.63) is 72.6 Å². The molecule has 0 aliphatic rings. The highest BCUT2D eigenvalue weighted by Crippen LogP contribution is 2.36. The molecule has 1 amide bonds. The van der Waals surface area contributed by atoms with Crippen molar-refractivity contribution in [2.45, 2.75) is 13.1 Å². The van der Waals surface area contributed by atoms with E-state index in [0.29, 0.717) is 40.5 Å². The first-order chi connectivity index (χ1) is 17.8. The number of halogens is 3. The number of ether oxygens (including phenoxy) is 3. The lowest BCUT2D eigenvalue weighted by molar-refractivity contribution is -0.137. The number of rotatable bonds is 9. The predicted octanol–water partition coefficient (Wildman–Crippen LogP) is 5.82. The number of hydrogen-bond donors (Lipinski definition) is 2. The highest BCUT2D eigenvalue weighted by Gasteiger charge is 2.30. The fourth-order valence-electron chi connectivity index (χ4n) is 3.50. The largest absolute Gasteiger partial charge is 0.493 e. The Kier molecular flexibility index (Phi) is 7.61. The molecular formula is C26H23F3N4O4. The summed E-state index contributed by atoms with van der Waals surface area (Å²) in [5.74, 6) is 1.18. The quantitative estimate of drug-likeness (QED) is 0.292. The zero-order valence-corrected chi connectivity index (χ0v) is 19.9. The Morgan fingerprint density at radius 3 is 2.41 bits per heavy atom. The fraction of sp³-hybridized carbons (Fsp3) is 0.192.